The second kappa shape index (κ2) is 6.69. The zero-order valence-corrected chi connectivity index (χ0v) is 14.3. The van der Waals surface area contributed by atoms with Gasteiger partial charge in [0.2, 0.25) is 5.91 Å². The van der Waals surface area contributed by atoms with E-state index in [2.05, 4.69) is 20.2 Å². The first-order valence-corrected chi connectivity index (χ1v) is 8.63. The van der Waals surface area contributed by atoms with Crippen LogP contribution in [0.15, 0.2) is 54.9 Å². The Balaban J connectivity index is 1.61. The average molecular weight is 353 g/mol. The Labute approximate surface area is 150 Å². The number of fused-ring (bicyclic) bond motifs is 1. The highest BCUT2D eigenvalue weighted by atomic mass is 35.5. The van der Waals surface area contributed by atoms with Gasteiger partial charge in [-0.15, -0.1) is 0 Å². The first kappa shape index (κ1) is 15.8. The zero-order valence-electron chi connectivity index (χ0n) is 13.5. The van der Waals surface area contributed by atoms with Crippen molar-refractivity contribution in [3.05, 3.63) is 59.9 Å². The number of rotatable bonds is 3. The van der Waals surface area contributed by atoms with Gasteiger partial charge < -0.3 is 10.2 Å². The summed E-state index contributed by atoms with van der Waals surface area (Å²) in [6.07, 6.45) is 3.32. The summed E-state index contributed by atoms with van der Waals surface area (Å²) in [6.45, 7) is 0.805. The molecule has 3 aromatic rings. The second-order valence-corrected chi connectivity index (χ2v) is 6.50. The van der Waals surface area contributed by atoms with E-state index in [0.717, 1.165) is 41.8 Å². The van der Waals surface area contributed by atoms with Gasteiger partial charge in [-0.25, -0.2) is 9.97 Å². The van der Waals surface area contributed by atoms with Crippen molar-refractivity contribution < 1.29 is 4.79 Å². The number of nitrogens with zero attached hydrogens (tertiary/aromatic N) is 3. The maximum absolute atomic E-state index is 12.8. The van der Waals surface area contributed by atoms with E-state index in [-0.39, 0.29) is 11.9 Å². The second-order valence-electron chi connectivity index (χ2n) is 6.06. The minimum absolute atomic E-state index is 0.0254. The highest BCUT2D eigenvalue weighted by Gasteiger charge is 2.32. The van der Waals surface area contributed by atoms with Crippen LogP contribution in [0.4, 0.5) is 11.5 Å². The van der Waals surface area contributed by atoms with E-state index in [9.17, 15) is 4.79 Å². The van der Waals surface area contributed by atoms with E-state index in [1.165, 1.54) is 0 Å². The van der Waals surface area contributed by atoms with Gasteiger partial charge >= 0.3 is 0 Å². The number of para-hydroxylation sites is 1. The van der Waals surface area contributed by atoms with Gasteiger partial charge in [-0.3, -0.25) is 4.79 Å². The number of hydrogen-bond donors (Lipinski definition) is 1. The average Bonchev–Trinajstić information content (AvgIpc) is 3.13. The summed E-state index contributed by atoms with van der Waals surface area (Å²) in [5.74, 6) is 0.793. The maximum atomic E-state index is 12.8. The third-order valence-corrected chi connectivity index (χ3v) is 4.71. The fraction of sp³-hybridized carbons (Fsp3) is 0.211. The number of amides is 1. The topological polar surface area (TPSA) is 58.1 Å². The molecule has 5 nitrogen and oxygen atoms in total. The van der Waals surface area contributed by atoms with Crippen LogP contribution in [0.2, 0.25) is 5.02 Å². The number of carbonyl (C=O) groups excluding carboxylic acids is 1. The highest BCUT2D eigenvalue weighted by molar-refractivity contribution is 6.30. The van der Waals surface area contributed by atoms with Crippen molar-refractivity contribution in [3.8, 4) is 0 Å². The van der Waals surface area contributed by atoms with Crippen molar-refractivity contribution in [1.82, 2.24) is 9.97 Å². The summed E-state index contributed by atoms with van der Waals surface area (Å²) in [5.41, 5.74) is 1.63. The Morgan fingerprint density at radius 1 is 1.12 bits per heavy atom. The van der Waals surface area contributed by atoms with Crippen LogP contribution in [0.1, 0.15) is 12.8 Å². The molecule has 2 heterocycles. The van der Waals surface area contributed by atoms with E-state index in [1.54, 1.807) is 30.6 Å². The summed E-state index contributed by atoms with van der Waals surface area (Å²) in [7, 11) is 0. The first-order valence-electron chi connectivity index (χ1n) is 8.25. The lowest BCUT2D eigenvalue weighted by Crippen LogP contribution is -2.40. The predicted octanol–water partition coefficient (Wildman–Crippen LogP) is 3.89. The van der Waals surface area contributed by atoms with Gasteiger partial charge in [-0.1, -0.05) is 23.7 Å². The molecule has 0 spiro atoms. The number of aromatic nitrogens is 2. The summed E-state index contributed by atoms with van der Waals surface area (Å²) in [5, 5.41) is 4.59. The van der Waals surface area contributed by atoms with Crippen LogP contribution in [0.25, 0.3) is 10.9 Å². The number of hydrogen-bond acceptors (Lipinski definition) is 4. The Kier molecular flexibility index (Phi) is 4.24. The van der Waals surface area contributed by atoms with Crippen LogP contribution < -0.4 is 10.2 Å². The first-order chi connectivity index (χ1) is 12.2. The molecule has 1 fully saturated rings. The van der Waals surface area contributed by atoms with Gasteiger partial charge in [-0.05, 0) is 49.2 Å². The molecule has 1 aromatic heterocycles. The molecule has 0 radical (unpaired) electrons. The molecule has 0 saturated carbocycles. The van der Waals surface area contributed by atoms with Crippen LogP contribution in [-0.4, -0.2) is 28.5 Å². The normalized spacial score (nSPS) is 17.0. The molecular formula is C19H17ClN4O. The molecule has 1 atom stereocenters. The van der Waals surface area contributed by atoms with Crippen molar-refractivity contribution in [3.63, 3.8) is 0 Å². The van der Waals surface area contributed by atoms with Crippen LogP contribution in [0.3, 0.4) is 0 Å². The van der Waals surface area contributed by atoms with Crippen LogP contribution >= 0.6 is 11.6 Å². The van der Waals surface area contributed by atoms with E-state index in [0.29, 0.717) is 5.02 Å². The summed E-state index contributed by atoms with van der Waals surface area (Å²) in [4.78, 5) is 23.6. The fourth-order valence-corrected chi connectivity index (χ4v) is 3.40. The summed E-state index contributed by atoms with van der Waals surface area (Å²) >= 11 is 5.90. The maximum Gasteiger partial charge on any atom is 0.247 e. The van der Waals surface area contributed by atoms with E-state index >= 15 is 0 Å². The Bertz CT molecular complexity index is 907. The van der Waals surface area contributed by atoms with Crippen molar-refractivity contribution in [2.75, 3.05) is 16.8 Å². The Morgan fingerprint density at radius 3 is 2.76 bits per heavy atom. The number of halogens is 1. The van der Waals surface area contributed by atoms with Crippen molar-refractivity contribution in [2.24, 2.45) is 0 Å². The minimum Gasteiger partial charge on any atom is -0.344 e. The standard InChI is InChI=1S/C19H17ClN4O/c20-13-7-9-14(10-8-13)23-19(25)17-6-3-11-24(17)18-15-4-1-2-5-16(15)21-12-22-18/h1-2,4-5,7-10,12,17H,3,6,11H2,(H,23,25)/t17-/m0/s1. The van der Waals surface area contributed by atoms with Gasteiger partial charge in [0.05, 0.1) is 5.52 Å². The van der Waals surface area contributed by atoms with E-state index in [1.807, 2.05) is 24.3 Å². The molecule has 1 amide bonds. The van der Waals surface area contributed by atoms with Crippen LogP contribution in [0.5, 0.6) is 0 Å². The van der Waals surface area contributed by atoms with Gasteiger partial charge in [0, 0.05) is 22.6 Å². The molecule has 0 aliphatic carbocycles. The zero-order chi connectivity index (χ0) is 17.2. The van der Waals surface area contributed by atoms with E-state index in [4.69, 9.17) is 11.6 Å². The minimum atomic E-state index is -0.242. The molecule has 2 aromatic carbocycles. The van der Waals surface area contributed by atoms with Gasteiger partial charge in [0.1, 0.15) is 18.2 Å². The van der Waals surface area contributed by atoms with Crippen LogP contribution in [-0.2, 0) is 4.79 Å². The molecule has 1 aliphatic heterocycles. The Hall–Kier alpha value is -2.66. The third kappa shape index (κ3) is 3.15. The lowest BCUT2D eigenvalue weighted by atomic mass is 10.1. The summed E-state index contributed by atoms with van der Waals surface area (Å²) < 4.78 is 0. The molecule has 1 saturated heterocycles. The molecule has 126 valence electrons. The van der Waals surface area contributed by atoms with Crippen molar-refractivity contribution in [1.29, 1.82) is 0 Å². The summed E-state index contributed by atoms with van der Waals surface area (Å²) in [6, 6.07) is 14.8. The van der Waals surface area contributed by atoms with Gasteiger partial charge in [0.25, 0.3) is 0 Å². The third-order valence-electron chi connectivity index (χ3n) is 4.46. The lowest BCUT2D eigenvalue weighted by Gasteiger charge is -2.25. The molecule has 25 heavy (non-hydrogen) atoms. The van der Waals surface area contributed by atoms with Gasteiger partial charge in [-0.2, -0.15) is 0 Å². The van der Waals surface area contributed by atoms with Crippen LogP contribution in [0, 0.1) is 0 Å². The number of anilines is 2. The highest BCUT2D eigenvalue weighted by Crippen LogP contribution is 2.30. The molecule has 1 N–H and O–H groups in total. The SMILES string of the molecule is O=C(Nc1ccc(Cl)cc1)[C@@H]1CCCN1c1ncnc2ccccc12. The molecule has 0 bridgehead atoms. The number of benzene rings is 2. The smallest absolute Gasteiger partial charge is 0.247 e. The van der Waals surface area contributed by atoms with Crippen molar-refractivity contribution in [2.45, 2.75) is 18.9 Å². The Morgan fingerprint density at radius 2 is 1.92 bits per heavy atom. The van der Waals surface area contributed by atoms with Gasteiger partial charge in [0.15, 0.2) is 0 Å². The predicted molar refractivity (Wildman–Crippen MR) is 100.0 cm³/mol. The number of carbonyl (C=O) groups is 1. The quantitative estimate of drug-likeness (QED) is 0.777. The molecule has 1 aliphatic rings. The molecule has 4 rings (SSSR count). The van der Waals surface area contributed by atoms with Crippen molar-refractivity contribution >= 4 is 39.9 Å². The monoisotopic (exact) mass is 352 g/mol. The number of nitrogens with one attached hydrogen (secondary N) is 1. The fourth-order valence-electron chi connectivity index (χ4n) is 3.27. The molecule has 6 heteroatoms. The van der Waals surface area contributed by atoms with E-state index < -0.39 is 0 Å². The largest absolute Gasteiger partial charge is 0.344 e. The molecular weight excluding hydrogens is 336 g/mol. The molecule has 0 unspecified atom stereocenters. The lowest BCUT2D eigenvalue weighted by molar-refractivity contribution is -0.117.